The van der Waals surface area contributed by atoms with E-state index in [4.69, 9.17) is 9.97 Å². The van der Waals surface area contributed by atoms with Gasteiger partial charge in [-0.15, -0.1) is 10.2 Å². The van der Waals surface area contributed by atoms with E-state index in [2.05, 4.69) is 85.9 Å². The summed E-state index contributed by atoms with van der Waals surface area (Å²) in [7, 11) is -2.23. The minimum Gasteiger partial charge on any atom is -0.238 e. The van der Waals surface area contributed by atoms with Crippen LogP contribution in [0.4, 0.5) is 0 Å². The molecule has 0 aliphatic rings. The average molecular weight is 462 g/mol. The smallest absolute Gasteiger partial charge is 0.238 e. The molecule has 0 aromatic carbocycles. The van der Waals surface area contributed by atoms with Crippen LogP contribution in [0.1, 0.15) is 53.2 Å². The van der Waals surface area contributed by atoms with Gasteiger partial charge >= 0.3 is 0 Å². The van der Waals surface area contributed by atoms with Crippen molar-refractivity contribution in [1.82, 2.24) is 44.5 Å². The number of hydrogen-bond donors (Lipinski definition) is 0. The third-order valence-corrected chi connectivity index (χ3v) is 8.54. The zero-order valence-electron chi connectivity index (χ0n) is 20.6. The lowest BCUT2D eigenvalue weighted by Crippen LogP contribution is -2.56. The van der Waals surface area contributed by atoms with E-state index in [0.29, 0.717) is 5.95 Å². The van der Waals surface area contributed by atoms with Gasteiger partial charge in [0.05, 0.1) is 0 Å². The van der Waals surface area contributed by atoms with Crippen molar-refractivity contribution < 1.29 is 0 Å². The Morgan fingerprint density at radius 3 is 1.88 bits per heavy atom. The van der Waals surface area contributed by atoms with Crippen molar-refractivity contribution >= 4 is 18.7 Å². The van der Waals surface area contributed by atoms with Crippen LogP contribution in [0.3, 0.4) is 0 Å². The molecule has 33 heavy (non-hydrogen) atoms. The van der Waals surface area contributed by atoms with E-state index >= 15 is 0 Å². The fourth-order valence-corrected chi connectivity index (χ4v) is 5.30. The molecule has 4 rings (SSSR count). The lowest BCUT2D eigenvalue weighted by molar-refractivity contribution is 0.542. The van der Waals surface area contributed by atoms with Gasteiger partial charge in [0.1, 0.15) is 12.7 Å². The van der Waals surface area contributed by atoms with Crippen molar-refractivity contribution in [1.29, 1.82) is 0 Å². The quantitative estimate of drug-likeness (QED) is 0.430. The Morgan fingerprint density at radius 2 is 1.27 bits per heavy atom. The number of hydrogen-bond acceptors (Lipinski definition) is 7. The first-order valence-electron chi connectivity index (χ1n) is 11.0. The van der Waals surface area contributed by atoms with Crippen molar-refractivity contribution in [3.63, 3.8) is 0 Å². The molecule has 0 amide bonds. The van der Waals surface area contributed by atoms with Gasteiger partial charge in [0.15, 0.2) is 25.5 Å². The minimum atomic E-state index is -2.23. The summed E-state index contributed by atoms with van der Waals surface area (Å²) in [6.07, 6.45) is 5.17. The molecule has 0 atom stereocenters. The van der Waals surface area contributed by atoms with E-state index < -0.39 is 8.07 Å². The maximum Gasteiger partial charge on any atom is 0.251 e. The number of aromatic nitrogens is 9. The summed E-state index contributed by atoms with van der Waals surface area (Å²) >= 11 is 0. The lowest BCUT2D eigenvalue weighted by atomic mass is 9.96. The van der Waals surface area contributed by atoms with Gasteiger partial charge in [0, 0.05) is 27.7 Å². The van der Waals surface area contributed by atoms with Gasteiger partial charge in [0.25, 0.3) is 5.95 Å². The van der Waals surface area contributed by atoms with E-state index in [9.17, 15) is 0 Å². The first-order chi connectivity index (χ1) is 15.4. The monoisotopic (exact) mass is 461 g/mol. The summed E-state index contributed by atoms with van der Waals surface area (Å²) in [6.45, 7) is 17.0. The maximum atomic E-state index is 4.95. The highest BCUT2D eigenvalue weighted by Crippen LogP contribution is 2.19. The van der Waals surface area contributed by atoms with E-state index in [1.807, 2.05) is 18.2 Å². The molecule has 4 aromatic rings. The first kappa shape index (κ1) is 22.9. The molecule has 0 saturated heterocycles. The zero-order valence-corrected chi connectivity index (χ0v) is 21.6. The van der Waals surface area contributed by atoms with Gasteiger partial charge in [-0.25, -0.2) is 29.6 Å². The van der Waals surface area contributed by atoms with Gasteiger partial charge in [-0.1, -0.05) is 60.7 Å². The molecular weight excluding hydrogens is 430 g/mol. The van der Waals surface area contributed by atoms with Crippen LogP contribution in [0, 0.1) is 0 Å². The Labute approximate surface area is 195 Å². The molecule has 0 saturated carbocycles. The molecule has 0 aliphatic carbocycles. The topological polar surface area (TPSA) is 100 Å². The van der Waals surface area contributed by atoms with Crippen LogP contribution >= 0.6 is 0 Å². The second-order valence-electron chi connectivity index (χ2n) is 10.8. The maximum absolute atomic E-state index is 4.95. The first-order valence-corrected chi connectivity index (χ1v) is 14.0. The van der Waals surface area contributed by atoms with Gasteiger partial charge in [-0.05, 0) is 18.2 Å². The van der Waals surface area contributed by atoms with Crippen molar-refractivity contribution in [3.8, 4) is 11.8 Å². The molecule has 0 N–H and O–H groups in total. The summed E-state index contributed by atoms with van der Waals surface area (Å²) in [5.41, 5.74) is -0.266. The Morgan fingerprint density at radius 1 is 0.697 bits per heavy atom. The van der Waals surface area contributed by atoms with Crippen LogP contribution in [0.5, 0.6) is 0 Å². The van der Waals surface area contributed by atoms with Crippen LogP contribution in [-0.2, 0) is 10.8 Å². The van der Waals surface area contributed by atoms with Gasteiger partial charge in [0.2, 0.25) is 0 Å². The Bertz CT molecular complexity index is 1180. The van der Waals surface area contributed by atoms with Crippen molar-refractivity contribution in [2.45, 2.75) is 65.5 Å². The summed E-state index contributed by atoms with van der Waals surface area (Å²) < 4.78 is 3.38. The van der Waals surface area contributed by atoms with E-state index in [-0.39, 0.29) is 10.8 Å². The highest BCUT2D eigenvalue weighted by molar-refractivity contribution is 6.99. The Hall–Kier alpha value is -3.27. The molecular formula is C23H31N9Si. The molecule has 0 bridgehead atoms. The number of pyridine rings is 1. The molecule has 4 aromatic heterocycles. The van der Waals surface area contributed by atoms with E-state index in [1.165, 1.54) is 0 Å². The van der Waals surface area contributed by atoms with Crippen molar-refractivity contribution in [2.24, 2.45) is 0 Å². The second-order valence-corrected chi connectivity index (χ2v) is 15.0. The highest BCUT2D eigenvalue weighted by atomic mass is 28.3. The van der Waals surface area contributed by atoms with Gasteiger partial charge in [-0.3, -0.25) is 0 Å². The van der Waals surface area contributed by atoms with Crippen LogP contribution in [0.15, 0.2) is 43.1 Å². The van der Waals surface area contributed by atoms with Crippen LogP contribution < -0.4 is 10.6 Å². The Kier molecular flexibility index (Phi) is 5.51. The SMILES string of the molecule is CC(C)(C)c1ncn(-c2cccc([Si](C)(C)c3ccnc(-n4cnc(C(C)(C)C)n4)n3)n2)n1. The van der Waals surface area contributed by atoms with E-state index in [1.54, 1.807) is 28.2 Å². The van der Waals surface area contributed by atoms with Crippen LogP contribution in [0.2, 0.25) is 13.1 Å². The average Bonchev–Trinajstić information content (AvgIpc) is 3.44. The fourth-order valence-electron chi connectivity index (χ4n) is 3.26. The summed E-state index contributed by atoms with van der Waals surface area (Å²) in [6, 6.07) is 8.00. The molecule has 172 valence electrons. The molecule has 0 aliphatic heterocycles. The van der Waals surface area contributed by atoms with E-state index in [0.717, 1.165) is 28.1 Å². The zero-order chi connectivity index (χ0) is 24.0. The number of rotatable bonds is 4. The highest BCUT2D eigenvalue weighted by Gasteiger charge is 2.31. The molecule has 0 spiro atoms. The molecule has 0 fully saturated rings. The van der Waals surface area contributed by atoms with Crippen LogP contribution in [0.25, 0.3) is 11.8 Å². The summed E-state index contributed by atoms with van der Waals surface area (Å²) in [5, 5.41) is 11.2. The normalized spacial score (nSPS) is 12.8. The molecule has 0 unspecified atom stereocenters. The Balaban J connectivity index is 1.68. The summed E-state index contributed by atoms with van der Waals surface area (Å²) in [4.78, 5) is 23.1. The van der Waals surface area contributed by atoms with Gasteiger partial charge < -0.3 is 0 Å². The molecule has 9 nitrogen and oxygen atoms in total. The predicted molar refractivity (Wildman–Crippen MR) is 130 cm³/mol. The summed E-state index contributed by atoms with van der Waals surface area (Å²) in [5.74, 6) is 2.80. The standard InChI is InChI=1S/C23H31N9Si/c1-22(2,3)19-25-14-31(29-19)16-10-9-11-17(27-16)33(7,8)18-12-13-24-21(28-18)32-15-26-20(30-32)23(4,5)6/h9-15H,1-8H3. The largest absolute Gasteiger partial charge is 0.251 e. The third-order valence-electron chi connectivity index (χ3n) is 5.42. The molecule has 0 radical (unpaired) electrons. The van der Waals surface area contributed by atoms with Crippen LogP contribution in [-0.4, -0.2) is 52.6 Å². The van der Waals surface area contributed by atoms with Crippen molar-refractivity contribution in [3.05, 3.63) is 54.8 Å². The third kappa shape index (κ3) is 4.61. The van der Waals surface area contributed by atoms with Gasteiger partial charge in [-0.2, -0.15) is 4.68 Å². The molecule has 10 heteroatoms. The fraction of sp³-hybridized carbons (Fsp3) is 0.435. The second kappa shape index (κ2) is 7.94. The lowest BCUT2D eigenvalue weighted by Gasteiger charge is -2.22. The number of nitrogens with zero attached hydrogens (tertiary/aromatic N) is 9. The molecule has 4 heterocycles. The van der Waals surface area contributed by atoms with Crippen molar-refractivity contribution in [2.75, 3.05) is 0 Å². The minimum absolute atomic E-state index is 0.123. The predicted octanol–water partition coefficient (Wildman–Crippen LogP) is 2.45.